The molecule has 0 aromatic carbocycles. The van der Waals surface area contributed by atoms with Crippen molar-refractivity contribution in [1.29, 1.82) is 0 Å². The lowest BCUT2D eigenvalue weighted by Crippen LogP contribution is -2.16. The summed E-state index contributed by atoms with van der Waals surface area (Å²) >= 11 is 0. The van der Waals surface area contributed by atoms with Crippen molar-refractivity contribution in [3.8, 4) is 0 Å². The molecular formula is C12H22N2O. The molecule has 3 nitrogen and oxygen atoms in total. The molecule has 0 aliphatic heterocycles. The van der Waals surface area contributed by atoms with Gasteiger partial charge < -0.3 is 0 Å². The van der Waals surface area contributed by atoms with Crippen LogP contribution in [0, 0.1) is 0 Å². The molecule has 0 aliphatic carbocycles. The molecular weight excluding hydrogens is 188 g/mol. The van der Waals surface area contributed by atoms with Crippen LogP contribution in [0.1, 0.15) is 52.4 Å². The van der Waals surface area contributed by atoms with E-state index >= 15 is 0 Å². The van der Waals surface area contributed by atoms with E-state index in [2.05, 4.69) is 17.5 Å². The van der Waals surface area contributed by atoms with Gasteiger partial charge in [-0.1, -0.05) is 38.7 Å². The molecule has 0 aromatic heterocycles. The summed E-state index contributed by atoms with van der Waals surface area (Å²) in [5, 5.41) is 3.76. The molecule has 0 saturated carbocycles. The zero-order chi connectivity index (χ0) is 11.4. The van der Waals surface area contributed by atoms with E-state index in [4.69, 9.17) is 0 Å². The Hall–Kier alpha value is -1.12. The minimum atomic E-state index is 0.00671. The highest BCUT2D eigenvalue weighted by atomic mass is 16.2. The Bertz CT molecular complexity index is 210. The van der Waals surface area contributed by atoms with Crippen LogP contribution in [0.5, 0.6) is 0 Å². The van der Waals surface area contributed by atoms with E-state index in [0.717, 1.165) is 12.8 Å². The number of carbonyl (C=O) groups is 1. The van der Waals surface area contributed by atoms with Gasteiger partial charge in [-0.05, 0) is 19.4 Å². The van der Waals surface area contributed by atoms with Crippen molar-refractivity contribution >= 4 is 12.1 Å². The van der Waals surface area contributed by atoms with Gasteiger partial charge in [0, 0.05) is 12.6 Å². The van der Waals surface area contributed by atoms with Gasteiger partial charge in [-0.3, -0.25) is 4.79 Å². The third-order valence-electron chi connectivity index (χ3n) is 2.05. The summed E-state index contributed by atoms with van der Waals surface area (Å²) in [5.41, 5.74) is 2.49. The van der Waals surface area contributed by atoms with Gasteiger partial charge >= 0.3 is 0 Å². The summed E-state index contributed by atoms with van der Waals surface area (Å²) in [6, 6.07) is 0. The number of hydrogen-bond acceptors (Lipinski definition) is 2. The van der Waals surface area contributed by atoms with E-state index in [9.17, 15) is 4.79 Å². The largest absolute Gasteiger partial charge is 0.273 e. The lowest BCUT2D eigenvalue weighted by Gasteiger charge is -1.99. The van der Waals surface area contributed by atoms with Gasteiger partial charge in [0.25, 0.3) is 0 Å². The third kappa shape index (κ3) is 10.8. The molecule has 0 radical (unpaired) electrons. The van der Waals surface area contributed by atoms with E-state index in [1.54, 1.807) is 12.3 Å². The third-order valence-corrected chi connectivity index (χ3v) is 2.05. The molecule has 0 unspecified atom stereocenters. The van der Waals surface area contributed by atoms with E-state index < -0.39 is 0 Å². The zero-order valence-electron chi connectivity index (χ0n) is 9.83. The van der Waals surface area contributed by atoms with Crippen molar-refractivity contribution in [2.75, 3.05) is 0 Å². The van der Waals surface area contributed by atoms with Crippen molar-refractivity contribution in [2.45, 2.75) is 52.4 Å². The van der Waals surface area contributed by atoms with Crippen LogP contribution in [-0.4, -0.2) is 12.1 Å². The van der Waals surface area contributed by atoms with Crippen LogP contribution in [-0.2, 0) is 4.79 Å². The second kappa shape index (κ2) is 11.0. The quantitative estimate of drug-likeness (QED) is 0.373. The highest BCUT2D eigenvalue weighted by Gasteiger charge is 1.97. The molecule has 0 aliphatic rings. The SMILES string of the molecule is CC=CC=NNC(=O)CCCCCCC. The van der Waals surface area contributed by atoms with E-state index in [-0.39, 0.29) is 5.91 Å². The van der Waals surface area contributed by atoms with Crippen LogP contribution in [0.2, 0.25) is 0 Å². The van der Waals surface area contributed by atoms with Crippen molar-refractivity contribution < 1.29 is 4.79 Å². The van der Waals surface area contributed by atoms with Crippen molar-refractivity contribution in [2.24, 2.45) is 5.10 Å². The summed E-state index contributed by atoms with van der Waals surface area (Å²) in [7, 11) is 0. The molecule has 0 rings (SSSR count). The molecule has 1 N–H and O–H groups in total. The van der Waals surface area contributed by atoms with Crippen LogP contribution in [0.3, 0.4) is 0 Å². The summed E-state index contributed by atoms with van der Waals surface area (Å²) in [4.78, 5) is 11.2. The number of unbranched alkanes of at least 4 members (excludes halogenated alkanes) is 4. The first-order chi connectivity index (χ1) is 7.31. The fourth-order valence-corrected chi connectivity index (χ4v) is 1.18. The smallest absolute Gasteiger partial charge is 0.240 e. The van der Waals surface area contributed by atoms with Gasteiger partial charge in [-0.25, -0.2) is 5.43 Å². The maximum Gasteiger partial charge on any atom is 0.240 e. The Balaban J connectivity index is 3.33. The fraction of sp³-hybridized carbons (Fsp3) is 0.667. The number of rotatable bonds is 8. The molecule has 86 valence electrons. The van der Waals surface area contributed by atoms with Gasteiger partial charge in [-0.2, -0.15) is 5.10 Å². The second-order valence-corrected chi connectivity index (χ2v) is 3.50. The Morgan fingerprint density at radius 2 is 2.00 bits per heavy atom. The summed E-state index contributed by atoms with van der Waals surface area (Å²) in [6.45, 7) is 4.09. The first kappa shape index (κ1) is 13.9. The molecule has 0 atom stereocenters. The number of nitrogens with one attached hydrogen (secondary N) is 1. The number of allylic oxidation sites excluding steroid dienone is 2. The highest BCUT2D eigenvalue weighted by Crippen LogP contribution is 2.04. The molecule has 1 amide bonds. The van der Waals surface area contributed by atoms with Gasteiger partial charge in [0.05, 0.1) is 0 Å². The first-order valence-corrected chi connectivity index (χ1v) is 5.74. The Labute approximate surface area is 92.6 Å². The maximum atomic E-state index is 11.2. The van der Waals surface area contributed by atoms with Gasteiger partial charge in [0.2, 0.25) is 5.91 Å². The summed E-state index contributed by atoms with van der Waals surface area (Å²) in [5.74, 6) is 0.00671. The van der Waals surface area contributed by atoms with Crippen molar-refractivity contribution in [3.05, 3.63) is 12.2 Å². The molecule has 0 bridgehead atoms. The van der Waals surface area contributed by atoms with Gasteiger partial charge in [-0.15, -0.1) is 0 Å². The van der Waals surface area contributed by atoms with E-state index in [1.807, 2.05) is 13.0 Å². The van der Waals surface area contributed by atoms with Crippen molar-refractivity contribution in [1.82, 2.24) is 5.43 Å². The average molecular weight is 210 g/mol. The molecule has 0 fully saturated rings. The monoisotopic (exact) mass is 210 g/mol. The normalized spacial score (nSPS) is 11.3. The Morgan fingerprint density at radius 1 is 1.27 bits per heavy atom. The van der Waals surface area contributed by atoms with Gasteiger partial charge in [0.15, 0.2) is 0 Å². The van der Waals surface area contributed by atoms with E-state index in [1.165, 1.54) is 19.3 Å². The number of hydrazone groups is 1. The van der Waals surface area contributed by atoms with Crippen LogP contribution in [0.15, 0.2) is 17.3 Å². The summed E-state index contributed by atoms with van der Waals surface area (Å²) < 4.78 is 0. The molecule has 15 heavy (non-hydrogen) atoms. The highest BCUT2D eigenvalue weighted by molar-refractivity contribution is 5.78. The number of amides is 1. The Morgan fingerprint density at radius 3 is 2.67 bits per heavy atom. The maximum absolute atomic E-state index is 11.2. The summed E-state index contributed by atoms with van der Waals surface area (Å²) in [6.07, 6.45) is 11.6. The topological polar surface area (TPSA) is 41.5 Å². The number of nitrogens with zero attached hydrogens (tertiary/aromatic N) is 1. The predicted octanol–water partition coefficient (Wildman–Crippen LogP) is 3.03. The minimum Gasteiger partial charge on any atom is -0.273 e. The van der Waals surface area contributed by atoms with Gasteiger partial charge in [0.1, 0.15) is 0 Å². The lowest BCUT2D eigenvalue weighted by atomic mass is 10.1. The van der Waals surface area contributed by atoms with Crippen LogP contribution in [0.25, 0.3) is 0 Å². The number of carbonyl (C=O) groups excluding carboxylic acids is 1. The predicted molar refractivity (Wildman–Crippen MR) is 64.8 cm³/mol. The van der Waals surface area contributed by atoms with Crippen LogP contribution < -0.4 is 5.43 Å². The fourth-order valence-electron chi connectivity index (χ4n) is 1.18. The molecule has 0 saturated heterocycles. The second-order valence-electron chi connectivity index (χ2n) is 3.50. The van der Waals surface area contributed by atoms with Crippen molar-refractivity contribution in [3.63, 3.8) is 0 Å². The Kier molecular flexibility index (Phi) is 10.1. The lowest BCUT2D eigenvalue weighted by molar-refractivity contribution is -0.121. The van der Waals surface area contributed by atoms with Crippen LogP contribution in [0.4, 0.5) is 0 Å². The first-order valence-electron chi connectivity index (χ1n) is 5.74. The molecule has 0 aromatic rings. The zero-order valence-corrected chi connectivity index (χ0v) is 9.83. The minimum absolute atomic E-state index is 0.00671. The standard InChI is InChI=1S/C12H22N2O/c1-3-5-7-8-9-10-12(15)14-13-11-6-4-2/h4,6,11H,3,5,7-10H2,1-2H3,(H,14,15). The van der Waals surface area contributed by atoms with Crippen LogP contribution >= 0.6 is 0 Å². The van der Waals surface area contributed by atoms with E-state index in [0.29, 0.717) is 6.42 Å². The molecule has 0 heterocycles. The molecule has 0 spiro atoms. The average Bonchev–Trinajstić information content (AvgIpc) is 2.24. The number of hydrogen-bond donors (Lipinski definition) is 1. The molecule has 3 heteroatoms.